The van der Waals surface area contributed by atoms with Crippen molar-refractivity contribution < 1.29 is 0 Å². The summed E-state index contributed by atoms with van der Waals surface area (Å²) >= 11 is 14.2. The lowest BCUT2D eigenvalue weighted by molar-refractivity contribution is 1.15. The SMILES string of the molecule is Clc1cc(Cl)cc(CNc2ccc(I)cc2)c1. The molecule has 0 fully saturated rings. The lowest BCUT2D eigenvalue weighted by atomic mass is 10.2. The normalized spacial score (nSPS) is 10.3. The molecule has 0 aliphatic rings. The zero-order valence-electron chi connectivity index (χ0n) is 8.88. The maximum atomic E-state index is 5.94. The Morgan fingerprint density at radius 1 is 0.941 bits per heavy atom. The smallest absolute Gasteiger partial charge is 0.0424 e. The summed E-state index contributed by atoms with van der Waals surface area (Å²) in [7, 11) is 0. The van der Waals surface area contributed by atoms with E-state index in [-0.39, 0.29) is 0 Å². The average Bonchev–Trinajstić information content (AvgIpc) is 2.27. The third-order valence-corrected chi connectivity index (χ3v) is 3.42. The van der Waals surface area contributed by atoms with Crippen LogP contribution in [0, 0.1) is 3.57 Å². The maximum Gasteiger partial charge on any atom is 0.0424 e. The van der Waals surface area contributed by atoms with Gasteiger partial charge in [-0.25, -0.2) is 0 Å². The molecule has 0 radical (unpaired) electrons. The van der Waals surface area contributed by atoms with Gasteiger partial charge in [0.15, 0.2) is 0 Å². The van der Waals surface area contributed by atoms with Crippen LogP contribution in [-0.2, 0) is 6.54 Å². The van der Waals surface area contributed by atoms with Crippen molar-refractivity contribution in [3.05, 3.63) is 61.6 Å². The predicted octanol–water partition coefficient (Wildman–Crippen LogP) is 5.21. The molecule has 0 aliphatic heterocycles. The number of benzene rings is 2. The second-order valence-electron chi connectivity index (χ2n) is 3.64. The van der Waals surface area contributed by atoms with Crippen LogP contribution in [0.25, 0.3) is 0 Å². The lowest BCUT2D eigenvalue weighted by Gasteiger charge is -2.07. The van der Waals surface area contributed by atoms with Crippen LogP contribution in [0.5, 0.6) is 0 Å². The van der Waals surface area contributed by atoms with Gasteiger partial charge in [-0.2, -0.15) is 0 Å². The Morgan fingerprint density at radius 2 is 1.53 bits per heavy atom. The summed E-state index contributed by atoms with van der Waals surface area (Å²) in [6, 6.07) is 13.8. The number of anilines is 1. The summed E-state index contributed by atoms with van der Waals surface area (Å²) in [6.45, 7) is 0.709. The van der Waals surface area contributed by atoms with Gasteiger partial charge in [0.2, 0.25) is 0 Å². The summed E-state index contributed by atoms with van der Waals surface area (Å²) in [5.41, 5.74) is 2.16. The number of halogens is 3. The van der Waals surface area contributed by atoms with Crippen LogP contribution in [0.2, 0.25) is 10.0 Å². The molecule has 4 heteroatoms. The number of hydrogen-bond donors (Lipinski definition) is 1. The fraction of sp³-hybridized carbons (Fsp3) is 0.0769. The summed E-state index contributed by atoms with van der Waals surface area (Å²) in [5.74, 6) is 0. The molecule has 88 valence electrons. The van der Waals surface area contributed by atoms with E-state index in [4.69, 9.17) is 23.2 Å². The molecule has 0 saturated heterocycles. The van der Waals surface area contributed by atoms with Gasteiger partial charge in [0.25, 0.3) is 0 Å². The lowest BCUT2D eigenvalue weighted by Crippen LogP contribution is -1.99. The molecule has 1 N–H and O–H groups in total. The standard InChI is InChI=1S/C13H10Cl2IN/c14-10-5-9(6-11(15)7-10)8-17-13-3-1-12(16)2-4-13/h1-7,17H,8H2. The van der Waals surface area contributed by atoms with Gasteiger partial charge in [0.05, 0.1) is 0 Å². The predicted molar refractivity (Wildman–Crippen MR) is 82.9 cm³/mol. The monoisotopic (exact) mass is 377 g/mol. The number of nitrogens with one attached hydrogen (secondary N) is 1. The highest BCUT2D eigenvalue weighted by molar-refractivity contribution is 14.1. The molecule has 0 unspecified atom stereocenters. The minimum Gasteiger partial charge on any atom is -0.381 e. The van der Waals surface area contributed by atoms with Crippen molar-refractivity contribution in [2.75, 3.05) is 5.32 Å². The molecule has 2 aromatic rings. The van der Waals surface area contributed by atoms with Crippen LogP contribution in [0.1, 0.15) is 5.56 Å². The first-order valence-electron chi connectivity index (χ1n) is 5.08. The van der Waals surface area contributed by atoms with Crippen molar-refractivity contribution in [3.8, 4) is 0 Å². The average molecular weight is 378 g/mol. The zero-order chi connectivity index (χ0) is 12.3. The van der Waals surface area contributed by atoms with E-state index in [1.165, 1.54) is 3.57 Å². The molecule has 0 aromatic heterocycles. The van der Waals surface area contributed by atoms with Gasteiger partial charge >= 0.3 is 0 Å². The summed E-state index contributed by atoms with van der Waals surface area (Å²) in [5, 5.41) is 4.65. The highest BCUT2D eigenvalue weighted by Crippen LogP contribution is 2.20. The van der Waals surface area contributed by atoms with E-state index >= 15 is 0 Å². The minimum atomic E-state index is 0.664. The summed E-state index contributed by atoms with van der Waals surface area (Å²) in [4.78, 5) is 0. The largest absolute Gasteiger partial charge is 0.381 e. The third-order valence-electron chi connectivity index (χ3n) is 2.26. The second kappa shape index (κ2) is 5.94. The molecule has 0 atom stereocenters. The molecular formula is C13H10Cl2IN. The van der Waals surface area contributed by atoms with Crippen molar-refractivity contribution in [3.63, 3.8) is 0 Å². The van der Waals surface area contributed by atoms with E-state index in [9.17, 15) is 0 Å². The molecule has 2 aromatic carbocycles. The Bertz CT molecular complexity index is 491. The van der Waals surface area contributed by atoms with E-state index in [1.54, 1.807) is 6.07 Å². The van der Waals surface area contributed by atoms with E-state index in [0.717, 1.165) is 11.3 Å². The topological polar surface area (TPSA) is 12.0 Å². The molecular weight excluding hydrogens is 368 g/mol. The van der Waals surface area contributed by atoms with Crippen molar-refractivity contribution in [2.45, 2.75) is 6.54 Å². The van der Waals surface area contributed by atoms with Crippen molar-refractivity contribution in [1.29, 1.82) is 0 Å². The Balaban J connectivity index is 2.04. The summed E-state index contributed by atoms with van der Waals surface area (Å²) in [6.07, 6.45) is 0. The molecule has 1 nitrogen and oxygen atoms in total. The van der Waals surface area contributed by atoms with Crippen molar-refractivity contribution in [1.82, 2.24) is 0 Å². The minimum absolute atomic E-state index is 0.664. The van der Waals surface area contributed by atoms with Gasteiger partial charge in [-0.15, -0.1) is 0 Å². The second-order valence-corrected chi connectivity index (χ2v) is 5.76. The Hall–Kier alpha value is -0.450. The van der Waals surface area contributed by atoms with Crippen molar-refractivity contribution in [2.24, 2.45) is 0 Å². The summed E-state index contributed by atoms with van der Waals surface area (Å²) < 4.78 is 1.22. The van der Waals surface area contributed by atoms with Crippen molar-refractivity contribution >= 4 is 51.5 Å². The molecule has 0 saturated carbocycles. The van der Waals surface area contributed by atoms with Crippen LogP contribution in [0.4, 0.5) is 5.69 Å². The zero-order valence-corrected chi connectivity index (χ0v) is 12.6. The van der Waals surface area contributed by atoms with Crippen LogP contribution in [-0.4, -0.2) is 0 Å². The first-order chi connectivity index (χ1) is 8.13. The van der Waals surface area contributed by atoms with Crippen LogP contribution < -0.4 is 5.32 Å². The van der Waals surface area contributed by atoms with Gasteiger partial charge in [0.1, 0.15) is 0 Å². The van der Waals surface area contributed by atoms with E-state index in [2.05, 4.69) is 40.0 Å². The molecule has 17 heavy (non-hydrogen) atoms. The van der Waals surface area contributed by atoms with Crippen LogP contribution in [0.15, 0.2) is 42.5 Å². The first kappa shape index (κ1) is 13.0. The molecule has 0 bridgehead atoms. The van der Waals surface area contributed by atoms with Crippen LogP contribution in [0.3, 0.4) is 0 Å². The molecule has 0 spiro atoms. The number of hydrogen-bond acceptors (Lipinski definition) is 1. The Labute approximate surface area is 124 Å². The highest BCUT2D eigenvalue weighted by Gasteiger charge is 1.98. The van der Waals surface area contributed by atoms with Gasteiger partial charge in [-0.1, -0.05) is 23.2 Å². The maximum absolute atomic E-state index is 5.94. The van der Waals surface area contributed by atoms with E-state index < -0.39 is 0 Å². The van der Waals surface area contributed by atoms with Gasteiger partial charge < -0.3 is 5.32 Å². The quantitative estimate of drug-likeness (QED) is 0.724. The number of rotatable bonds is 3. The highest BCUT2D eigenvalue weighted by atomic mass is 127. The van der Waals surface area contributed by atoms with E-state index in [0.29, 0.717) is 16.6 Å². The fourth-order valence-corrected chi connectivity index (χ4v) is 2.42. The van der Waals surface area contributed by atoms with Gasteiger partial charge in [0, 0.05) is 25.8 Å². The Kier molecular flexibility index (Phi) is 4.54. The molecule has 0 amide bonds. The molecule has 2 rings (SSSR count). The Morgan fingerprint density at radius 3 is 2.12 bits per heavy atom. The third kappa shape index (κ3) is 4.05. The molecule has 0 heterocycles. The van der Waals surface area contributed by atoms with Gasteiger partial charge in [-0.05, 0) is 70.6 Å². The van der Waals surface area contributed by atoms with E-state index in [1.807, 2.05) is 24.3 Å². The fourth-order valence-electron chi connectivity index (χ4n) is 1.48. The molecule has 0 aliphatic carbocycles. The van der Waals surface area contributed by atoms with Gasteiger partial charge in [-0.3, -0.25) is 0 Å². The first-order valence-corrected chi connectivity index (χ1v) is 6.91. The van der Waals surface area contributed by atoms with Crippen LogP contribution >= 0.6 is 45.8 Å².